The average Bonchev–Trinajstić information content (AvgIpc) is 2.61. The van der Waals surface area contributed by atoms with Crippen molar-refractivity contribution in [2.24, 2.45) is 0 Å². The third-order valence-electron chi connectivity index (χ3n) is 4.38. The van der Waals surface area contributed by atoms with E-state index >= 15 is 0 Å². The van der Waals surface area contributed by atoms with Crippen molar-refractivity contribution in [1.82, 2.24) is 10.6 Å². The minimum absolute atomic E-state index is 0.0236. The zero-order chi connectivity index (χ0) is 19.9. The lowest BCUT2D eigenvalue weighted by atomic mass is 9.99. The lowest BCUT2D eigenvalue weighted by Crippen LogP contribution is -2.45. The van der Waals surface area contributed by atoms with Crippen molar-refractivity contribution in [3.63, 3.8) is 0 Å². The van der Waals surface area contributed by atoms with Gasteiger partial charge in [0.05, 0.1) is 0 Å². The summed E-state index contributed by atoms with van der Waals surface area (Å²) in [4.78, 5) is 35.0. The second kappa shape index (κ2) is 9.36. The number of rotatable bonds is 7. The summed E-state index contributed by atoms with van der Waals surface area (Å²) >= 11 is 0. The molecule has 1 aromatic carbocycles. The number of carboxylic acid groups (broad SMARTS) is 1. The van der Waals surface area contributed by atoms with Crippen molar-refractivity contribution in [3.8, 4) is 0 Å². The number of nitrogens with one attached hydrogen (secondary N) is 3. The summed E-state index contributed by atoms with van der Waals surface area (Å²) in [6.45, 7) is 4.84. The number of hydrogen-bond acceptors (Lipinski definition) is 4. The van der Waals surface area contributed by atoms with Crippen molar-refractivity contribution in [3.05, 3.63) is 29.8 Å². The number of amides is 3. The van der Waals surface area contributed by atoms with Crippen LogP contribution >= 0.6 is 0 Å². The van der Waals surface area contributed by atoms with E-state index < -0.39 is 17.5 Å². The van der Waals surface area contributed by atoms with Crippen LogP contribution in [0.1, 0.15) is 49.9 Å². The minimum atomic E-state index is -0.903. The maximum absolute atomic E-state index is 12.3. The van der Waals surface area contributed by atoms with Gasteiger partial charge in [-0.2, -0.15) is 0 Å². The Morgan fingerprint density at radius 3 is 2.37 bits per heavy atom. The number of urea groups is 1. The van der Waals surface area contributed by atoms with Crippen LogP contribution in [0.25, 0.3) is 0 Å². The number of anilines is 1. The number of benzene rings is 1. The number of aliphatic carboxylic acids is 1. The van der Waals surface area contributed by atoms with Crippen molar-refractivity contribution < 1.29 is 24.2 Å². The zero-order valence-corrected chi connectivity index (χ0v) is 15.7. The predicted octanol–water partition coefficient (Wildman–Crippen LogP) is 2.36. The topological polar surface area (TPSA) is 117 Å². The van der Waals surface area contributed by atoms with Crippen LogP contribution in [0.4, 0.5) is 10.5 Å². The summed E-state index contributed by atoms with van der Waals surface area (Å²) in [5, 5.41) is 17.2. The Labute approximate surface area is 158 Å². The molecule has 27 heavy (non-hydrogen) atoms. The van der Waals surface area contributed by atoms with Crippen LogP contribution in [0, 0.1) is 0 Å². The molecular formula is C19H27N3O5. The normalized spacial score (nSPS) is 15.0. The van der Waals surface area contributed by atoms with Gasteiger partial charge in [-0.05, 0) is 57.4 Å². The molecule has 0 atom stereocenters. The smallest absolute Gasteiger partial charge is 0.319 e. The molecule has 1 saturated heterocycles. The van der Waals surface area contributed by atoms with Crippen molar-refractivity contribution in [2.75, 3.05) is 18.5 Å². The Hall–Kier alpha value is -2.61. The van der Waals surface area contributed by atoms with Gasteiger partial charge in [0.25, 0.3) is 5.91 Å². The first-order valence-corrected chi connectivity index (χ1v) is 9.05. The number of hydrogen-bond donors (Lipinski definition) is 4. The molecule has 148 valence electrons. The molecule has 1 aliphatic heterocycles. The summed E-state index contributed by atoms with van der Waals surface area (Å²) in [5.41, 5.74) is 0.421. The Kier molecular flexibility index (Phi) is 7.18. The maximum atomic E-state index is 12.3. The van der Waals surface area contributed by atoms with Gasteiger partial charge in [0.15, 0.2) is 0 Å². The van der Waals surface area contributed by atoms with Gasteiger partial charge in [-0.1, -0.05) is 0 Å². The minimum Gasteiger partial charge on any atom is -0.481 e. The van der Waals surface area contributed by atoms with Crippen LogP contribution in [-0.2, 0) is 9.53 Å². The van der Waals surface area contributed by atoms with E-state index in [1.807, 2.05) is 0 Å². The van der Waals surface area contributed by atoms with Crippen LogP contribution in [0.2, 0.25) is 0 Å². The first-order chi connectivity index (χ1) is 12.7. The summed E-state index contributed by atoms with van der Waals surface area (Å²) in [6, 6.07) is 6.32. The Morgan fingerprint density at radius 2 is 1.78 bits per heavy atom. The molecule has 8 nitrogen and oxygen atoms in total. The largest absolute Gasteiger partial charge is 0.481 e. The molecule has 0 aromatic heterocycles. The predicted molar refractivity (Wildman–Crippen MR) is 101 cm³/mol. The molecule has 1 aliphatic rings. The number of carboxylic acids is 1. The highest BCUT2D eigenvalue weighted by molar-refractivity contribution is 5.95. The van der Waals surface area contributed by atoms with Gasteiger partial charge < -0.3 is 25.8 Å². The first-order valence-electron chi connectivity index (χ1n) is 9.05. The highest BCUT2D eigenvalue weighted by atomic mass is 16.5. The van der Waals surface area contributed by atoms with Gasteiger partial charge in [0.1, 0.15) is 0 Å². The van der Waals surface area contributed by atoms with Crippen LogP contribution in [-0.4, -0.2) is 47.8 Å². The summed E-state index contributed by atoms with van der Waals surface area (Å²) in [7, 11) is 0. The van der Waals surface area contributed by atoms with Gasteiger partial charge in [-0.3, -0.25) is 9.59 Å². The summed E-state index contributed by atoms with van der Waals surface area (Å²) in [6.07, 6.45) is 1.91. The van der Waals surface area contributed by atoms with E-state index in [1.54, 1.807) is 38.1 Å². The molecule has 2 rings (SSSR count). The molecule has 0 aliphatic carbocycles. The molecule has 4 N–H and O–H groups in total. The fourth-order valence-electron chi connectivity index (χ4n) is 2.77. The standard InChI is InChI=1S/C19H27N3O5/c1-19(2,10-7-16(23)24)22-18(26)21-14-5-3-13(4-6-14)17(25)20-15-8-11-27-12-9-15/h3-6,15H,7-12H2,1-2H3,(H,20,25)(H,23,24)(H2,21,22,26). The highest BCUT2D eigenvalue weighted by Crippen LogP contribution is 2.14. The van der Waals surface area contributed by atoms with Crippen LogP contribution in [0.3, 0.4) is 0 Å². The molecule has 1 aromatic rings. The van der Waals surface area contributed by atoms with Crippen molar-refractivity contribution in [2.45, 2.75) is 51.1 Å². The molecule has 1 fully saturated rings. The molecule has 8 heteroatoms. The van der Waals surface area contributed by atoms with E-state index in [-0.39, 0.29) is 18.4 Å². The molecule has 0 bridgehead atoms. The number of ether oxygens (including phenoxy) is 1. The molecule has 1 heterocycles. The Morgan fingerprint density at radius 1 is 1.15 bits per heavy atom. The first kappa shape index (κ1) is 20.7. The fraction of sp³-hybridized carbons (Fsp3) is 0.526. The molecule has 0 spiro atoms. The molecule has 0 unspecified atom stereocenters. The quantitative estimate of drug-likeness (QED) is 0.582. The van der Waals surface area contributed by atoms with E-state index in [4.69, 9.17) is 9.84 Å². The average molecular weight is 377 g/mol. The van der Waals surface area contributed by atoms with E-state index in [2.05, 4.69) is 16.0 Å². The monoisotopic (exact) mass is 377 g/mol. The van der Waals surface area contributed by atoms with Gasteiger partial charge in [-0.25, -0.2) is 4.79 Å². The van der Waals surface area contributed by atoms with Crippen LogP contribution < -0.4 is 16.0 Å². The Bertz CT molecular complexity index is 666. The van der Waals surface area contributed by atoms with Crippen molar-refractivity contribution >= 4 is 23.6 Å². The molecule has 0 saturated carbocycles. The lowest BCUT2D eigenvalue weighted by Gasteiger charge is -2.25. The fourth-order valence-corrected chi connectivity index (χ4v) is 2.77. The highest BCUT2D eigenvalue weighted by Gasteiger charge is 2.21. The van der Waals surface area contributed by atoms with Gasteiger partial charge in [0, 0.05) is 42.5 Å². The second-order valence-electron chi connectivity index (χ2n) is 7.29. The van der Waals surface area contributed by atoms with E-state index in [9.17, 15) is 14.4 Å². The van der Waals surface area contributed by atoms with Crippen LogP contribution in [0.5, 0.6) is 0 Å². The summed E-state index contributed by atoms with van der Waals surface area (Å²) < 4.78 is 5.27. The number of carbonyl (C=O) groups is 3. The molecular weight excluding hydrogens is 350 g/mol. The van der Waals surface area contributed by atoms with E-state index in [0.717, 1.165) is 12.8 Å². The van der Waals surface area contributed by atoms with Gasteiger partial charge >= 0.3 is 12.0 Å². The Balaban J connectivity index is 1.84. The summed E-state index contributed by atoms with van der Waals surface area (Å²) in [5.74, 6) is -1.05. The third-order valence-corrected chi connectivity index (χ3v) is 4.38. The van der Waals surface area contributed by atoms with E-state index in [0.29, 0.717) is 30.9 Å². The third kappa shape index (κ3) is 7.26. The molecule has 3 amide bonds. The van der Waals surface area contributed by atoms with Gasteiger partial charge in [0.2, 0.25) is 0 Å². The second-order valence-corrected chi connectivity index (χ2v) is 7.29. The van der Waals surface area contributed by atoms with Crippen LogP contribution in [0.15, 0.2) is 24.3 Å². The van der Waals surface area contributed by atoms with Crippen molar-refractivity contribution in [1.29, 1.82) is 0 Å². The van der Waals surface area contributed by atoms with E-state index in [1.165, 1.54) is 0 Å². The number of carbonyl (C=O) groups excluding carboxylic acids is 2. The molecule has 0 radical (unpaired) electrons. The zero-order valence-electron chi connectivity index (χ0n) is 15.7. The maximum Gasteiger partial charge on any atom is 0.319 e. The SMILES string of the molecule is CC(C)(CCC(=O)O)NC(=O)Nc1ccc(C(=O)NC2CCOCC2)cc1. The lowest BCUT2D eigenvalue weighted by molar-refractivity contribution is -0.137. The van der Waals surface area contributed by atoms with Gasteiger partial charge in [-0.15, -0.1) is 0 Å².